The fraction of sp³-hybridized carbons (Fsp3) is 0.100. The number of hydrogen-bond donors (Lipinski definition) is 4. The normalized spacial score (nSPS) is 11.6. The Morgan fingerprint density at radius 2 is 1.16 bits per heavy atom. The number of phenolic OH excluding ortho intramolecular Hbond substituents is 2. The molecule has 0 aliphatic carbocycles. The maximum atomic E-state index is 9.91. The zero-order valence-electron chi connectivity index (χ0n) is 16.6. The van der Waals surface area contributed by atoms with Crippen molar-refractivity contribution in [1.29, 1.82) is 0 Å². The third-order valence-electron chi connectivity index (χ3n) is 4.51. The Morgan fingerprint density at radius 3 is 1.56 bits per heavy atom. The van der Waals surface area contributed by atoms with E-state index in [2.05, 4.69) is 30.6 Å². The van der Waals surface area contributed by atoms with Crippen molar-refractivity contribution in [3.8, 4) is 11.5 Å². The van der Waals surface area contributed by atoms with Crippen molar-refractivity contribution in [2.75, 3.05) is 0 Å². The molecular weight excluding hydrogens is 448 g/mol. The maximum Gasteiger partial charge on any atom is 0.216 e. The van der Waals surface area contributed by atoms with E-state index in [0.717, 1.165) is 0 Å². The average molecular weight is 467 g/mol. The van der Waals surface area contributed by atoms with Gasteiger partial charge in [-0.1, -0.05) is 24.3 Å². The lowest BCUT2D eigenvalue weighted by Crippen LogP contribution is -2.05. The van der Waals surface area contributed by atoms with Crippen molar-refractivity contribution in [3.05, 3.63) is 80.8 Å². The molecular formula is C20H18N8O2S2. The Bertz CT molecular complexity index is 1310. The summed E-state index contributed by atoms with van der Waals surface area (Å²) in [5.74, 6) is 1.38. The minimum absolute atomic E-state index is 0.116. The monoisotopic (exact) mass is 466 g/mol. The highest BCUT2D eigenvalue weighted by Gasteiger charge is 2.11. The predicted octanol–water partition coefficient (Wildman–Crippen LogP) is 3.16. The Balaban J connectivity index is 1.53. The molecule has 0 aliphatic heterocycles. The van der Waals surface area contributed by atoms with E-state index in [9.17, 15) is 10.2 Å². The number of benzene rings is 2. The van der Waals surface area contributed by atoms with Gasteiger partial charge >= 0.3 is 0 Å². The van der Waals surface area contributed by atoms with Gasteiger partial charge in [0.05, 0.1) is 12.4 Å². The van der Waals surface area contributed by atoms with Crippen LogP contribution in [0, 0.1) is 9.54 Å². The summed E-state index contributed by atoms with van der Waals surface area (Å²) in [4.78, 5) is 0. The van der Waals surface area contributed by atoms with Crippen LogP contribution in [0.1, 0.15) is 22.8 Å². The first-order chi connectivity index (χ1) is 15.5. The second-order valence-electron chi connectivity index (χ2n) is 6.62. The van der Waals surface area contributed by atoms with Crippen LogP contribution in [0.3, 0.4) is 0 Å². The van der Waals surface area contributed by atoms with Gasteiger partial charge in [-0.05, 0) is 48.7 Å². The summed E-state index contributed by atoms with van der Waals surface area (Å²) in [6, 6.07) is 13.7. The second kappa shape index (κ2) is 9.49. The Labute approximate surface area is 192 Å². The molecule has 0 saturated carbocycles. The van der Waals surface area contributed by atoms with Crippen molar-refractivity contribution < 1.29 is 10.2 Å². The predicted molar refractivity (Wildman–Crippen MR) is 124 cm³/mol. The molecule has 162 valence electrons. The Morgan fingerprint density at radius 1 is 0.750 bits per heavy atom. The van der Waals surface area contributed by atoms with E-state index in [4.69, 9.17) is 24.4 Å². The summed E-state index contributed by atoms with van der Waals surface area (Å²) in [6.07, 6.45) is 3.90. The molecule has 0 saturated heterocycles. The van der Waals surface area contributed by atoms with E-state index in [1.165, 1.54) is 21.8 Å². The first-order valence-corrected chi connectivity index (χ1v) is 10.3. The second-order valence-corrected chi connectivity index (χ2v) is 7.39. The van der Waals surface area contributed by atoms with Gasteiger partial charge in [0.2, 0.25) is 9.54 Å². The number of nitrogens with zero attached hydrogens (tertiary/aromatic N) is 6. The summed E-state index contributed by atoms with van der Waals surface area (Å²) in [7, 11) is 0. The molecule has 4 aromatic rings. The number of nitrogens with one attached hydrogen (secondary N) is 2. The number of aromatic nitrogens is 6. The van der Waals surface area contributed by atoms with Crippen LogP contribution in [0.5, 0.6) is 11.5 Å². The van der Waals surface area contributed by atoms with Gasteiger partial charge in [0, 0.05) is 24.0 Å². The zero-order chi connectivity index (χ0) is 22.5. The minimum atomic E-state index is 0.116. The van der Waals surface area contributed by atoms with Gasteiger partial charge in [-0.25, -0.2) is 0 Å². The molecule has 2 heterocycles. The van der Waals surface area contributed by atoms with Gasteiger partial charge in [-0.15, -0.1) is 0 Å². The average Bonchev–Trinajstić information content (AvgIpc) is 3.32. The summed E-state index contributed by atoms with van der Waals surface area (Å²) >= 11 is 10.5. The largest absolute Gasteiger partial charge is 0.507 e. The third-order valence-corrected chi connectivity index (χ3v) is 5.03. The summed E-state index contributed by atoms with van der Waals surface area (Å²) in [5.41, 5.74) is 1.11. The quantitative estimate of drug-likeness (QED) is 0.244. The molecule has 0 fully saturated rings. The highest BCUT2D eigenvalue weighted by molar-refractivity contribution is 7.71. The molecule has 12 heteroatoms. The number of aromatic amines is 2. The first-order valence-electron chi connectivity index (χ1n) is 9.50. The molecule has 0 radical (unpaired) electrons. The third kappa shape index (κ3) is 4.71. The van der Waals surface area contributed by atoms with Crippen molar-refractivity contribution >= 4 is 36.9 Å². The molecule has 0 aliphatic rings. The van der Waals surface area contributed by atoms with E-state index in [1.807, 2.05) is 0 Å². The van der Waals surface area contributed by atoms with Crippen LogP contribution >= 0.6 is 24.4 Å². The number of H-pyrrole nitrogens is 2. The molecule has 2 aromatic carbocycles. The number of hydrogen-bond acceptors (Lipinski definition) is 8. The fourth-order valence-electron chi connectivity index (χ4n) is 2.87. The van der Waals surface area contributed by atoms with Crippen LogP contribution in [-0.4, -0.2) is 52.4 Å². The summed E-state index contributed by atoms with van der Waals surface area (Å²) in [6.45, 7) is 0. The molecule has 32 heavy (non-hydrogen) atoms. The highest BCUT2D eigenvalue weighted by Crippen LogP contribution is 2.14. The van der Waals surface area contributed by atoms with Gasteiger partial charge in [0.15, 0.2) is 11.6 Å². The van der Waals surface area contributed by atoms with Gasteiger partial charge in [-0.3, -0.25) is 10.2 Å². The summed E-state index contributed by atoms with van der Waals surface area (Å²) < 4.78 is 3.61. The van der Waals surface area contributed by atoms with Gasteiger partial charge < -0.3 is 10.2 Å². The number of aryl methyl sites for hydroxylation is 2. The molecule has 0 spiro atoms. The minimum Gasteiger partial charge on any atom is -0.507 e. The Kier molecular flexibility index (Phi) is 6.33. The van der Waals surface area contributed by atoms with Crippen LogP contribution in [-0.2, 0) is 12.8 Å². The topological polar surface area (TPSA) is 132 Å². The van der Waals surface area contributed by atoms with Crippen LogP contribution in [0.15, 0.2) is 58.7 Å². The first kappa shape index (κ1) is 21.3. The molecule has 0 atom stereocenters. The van der Waals surface area contributed by atoms with Crippen LogP contribution < -0.4 is 0 Å². The van der Waals surface area contributed by atoms with E-state index in [1.54, 1.807) is 48.5 Å². The lowest BCUT2D eigenvalue weighted by Gasteiger charge is -2.03. The van der Waals surface area contributed by atoms with Crippen LogP contribution in [0.4, 0.5) is 0 Å². The van der Waals surface area contributed by atoms with Gasteiger partial charge in [0.1, 0.15) is 11.5 Å². The highest BCUT2D eigenvalue weighted by atomic mass is 32.1. The van der Waals surface area contributed by atoms with E-state index < -0.39 is 0 Å². The van der Waals surface area contributed by atoms with E-state index in [0.29, 0.717) is 45.2 Å². The SMILES string of the molecule is Oc1ccccc1/C=N/n1c(CCc2n[nH]c(=S)n2/N=C/c2ccccc2O)n[nH]c1=S. The smallest absolute Gasteiger partial charge is 0.216 e. The molecule has 10 nitrogen and oxygen atoms in total. The molecule has 2 aromatic heterocycles. The molecule has 4 N–H and O–H groups in total. The number of para-hydroxylation sites is 2. The Hall–Kier alpha value is -3.90. The van der Waals surface area contributed by atoms with Crippen molar-refractivity contribution in [3.63, 3.8) is 0 Å². The van der Waals surface area contributed by atoms with Crippen molar-refractivity contribution in [2.45, 2.75) is 12.8 Å². The van der Waals surface area contributed by atoms with Gasteiger partial charge in [-0.2, -0.15) is 29.8 Å². The number of rotatable bonds is 7. The van der Waals surface area contributed by atoms with Crippen molar-refractivity contribution in [1.82, 2.24) is 29.7 Å². The van der Waals surface area contributed by atoms with E-state index in [-0.39, 0.29) is 11.5 Å². The van der Waals surface area contributed by atoms with Crippen molar-refractivity contribution in [2.24, 2.45) is 10.2 Å². The number of aromatic hydroxyl groups is 2. The molecule has 4 rings (SSSR count). The lowest BCUT2D eigenvalue weighted by molar-refractivity contribution is 0.474. The van der Waals surface area contributed by atoms with Crippen LogP contribution in [0.25, 0.3) is 0 Å². The fourth-order valence-corrected chi connectivity index (χ4v) is 3.26. The van der Waals surface area contributed by atoms with E-state index >= 15 is 0 Å². The zero-order valence-corrected chi connectivity index (χ0v) is 18.2. The van der Waals surface area contributed by atoms with Gasteiger partial charge in [0.25, 0.3) is 0 Å². The lowest BCUT2D eigenvalue weighted by atomic mass is 10.2. The summed E-state index contributed by atoms with van der Waals surface area (Å²) in [5, 5.41) is 42.4. The standard InChI is InChI=1S/C20H18N8O2S2/c29-15-7-3-1-5-13(15)11-21-27-17(23-25-19(27)31)9-10-18-24-26-20(32)28(18)22-12-14-6-2-4-8-16(14)30/h1-8,11-12,29-30H,9-10H2,(H,25,31)(H,26,32)/b21-11+,22-12+. The maximum absolute atomic E-state index is 9.91. The molecule has 0 bridgehead atoms. The van der Waals surface area contributed by atoms with Crippen LogP contribution in [0.2, 0.25) is 0 Å². The molecule has 0 unspecified atom stereocenters. The number of phenols is 2. The molecule has 0 amide bonds.